The van der Waals surface area contributed by atoms with Crippen LogP contribution in [0.3, 0.4) is 0 Å². The molecule has 5 heterocycles. The lowest BCUT2D eigenvalue weighted by Crippen LogP contribution is -2.57. The summed E-state index contributed by atoms with van der Waals surface area (Å²) < 4.78 is 3.52. The van der Waals surface area contributed by atoms with E-state index in [1.165, 1.54) is 11.3 Å². The number of nitrogens with one attached hydrogen (secondary N) is 1. The number of carbonyl (C=O) groups excluding carboxylic acids is 1. The molecular weight excluding hydrogens is 374 g/mol. The SMILES string of the molecule is CN1CC(NC(=O)c2cc(-c3cnn4cc(-c5cnn(C)c5)cnc34)cs2)C1. The quantitative estimate of drug-likeness (QED) is 0.573. The van der Waals surface area contributed by atoms with Crippen molar-refractivity contribution in [1.82, 2.24) is 34.6 Å². The van der Waals surface area contributed by atoms with E-state index >= 15 is 0 Å². The molecule has 0 aromatic carbocycles. The highest BCUT2D eigenvalue weighted by Gasteiger charge is 2.25. The number of nitrogens with zero attached hydrogens (tertiary/aromatic N) is 6. The Hall–Kier alpha value is -3.04. The van der Waals surface area contributed by atoms with Crippen molar-refractivity contribution in [3.05, 3.63) is 47.3 Å². The maximum absolute atomic E-state index is 12.4. The monoisotopic (exact) mass is 393 g/mol. The van der Waals surface area contributed by atoms with Crippen molar-refractivity contribution < 1.29 is 4.79 Å². The number of aromatic nitrogens is 5. The van der Waals surface area contributed by atoms with E-state index in [-0.39, 0.29) is 11.9 Å². The molecule has 0 bridgehead atoms. The second-order valence-electron chi connectivity index (χ2n) is 7.16. The summed E-state index contributed by atoms with van der Waals surface area (Å²) in [5.41, 5.74) is 4.57. The van der Waals surface area contributed by atoms with E-state index < -0.39 is 0 Å². The van der Waals surface area contributed by atoms with Crippen molar-refractivity contribution in [3.8, 4) is 22.3 Å². The first kappa shape index (κ1) is 17.1. The molecule has 0 spiro atoms. The first-order chi connectivity index (χ1) is 13.6. The molecule has 1 aliphatic heterocycles. The number of likely N-dealkylation sites (N-methyl/N-ethyl adjacent to an activating group) is 1. The number of fused-ring (bicyclic) bond motifs is 1. The predicted octanol–water partition coefficient (Wildman–Crippen LogP) is 1.90. The Morgan fingerprint density at radius 2 is 1.93 bits per heavy atom. The molecule has 1 fully saturated rings. The molecule has 1 amide bonds. The fourth-order valence-corrected chi connectivity index (χ4v) is 4.25. The highest BCUT2D eigenvalue weighted by Crippen LogP contribution is 2.29. The Balaban J connectivity index is 1.40. The zero-order valence-electron chi connectivity index (χ0n) is 15.5. The Labute approximate surface area is 165 Å². The van der Waals surface area contributed by atoms with Crippen molar-refractivity contribution in [1.29, 1.82) is 0 Å². The van der Waals surface area contributed by atoms with Crippen LogP contribution in [0.5, 0.6) is 0 Å². The van der Waals surface area contributed by atoms with Crippen LogP contribution in [0.4, 0.5) is 0 Å². The van der Waals surface area contributed by atoms with Gasteiger partial charge >= 0.3 is 0 Å². The summed E-state index contributed by atoms with van der Waals surface area (Å²) in [4.78, 5) is 19.9. The van der Waals surface area contributed by atoms with Crippen LogP contribution in [0.1, 0.15) is 9.67 Å². The highest BCUT2D eigenvalue weighted by atomic mass is 32.1. The molecule has 0 aliphatic carbocycles. The fraction of sp³-hybridized carbons (Fsp3) is 0.263. The second-order valence-corrected chi connectivity index (χ2v) is 8.07. The number of rotatable bonds is 4. The minimum absolute atomic E-state index is 0.0161. The molecular formula is C19H19N7OS. The Morgan fingerprint density at radius 1 is 1.11 bits per heavy atom. The third-order valence-corrected chi connectivity index (χ3v) is 5.86. The van der Waals surface area contributed by atoms with Crippen molar-refractivity contribution >= 4 is 22.9 Å². The largest absolute Gasteiger partial charge is 0.346 e. The topological polar surface area (TPSA) is 80.4 Å². The van der Waals surface area contributed by atoms with Gasteiger partial charge in [0.1, 0.15) is 0 Å². The van der Waals surface area contributed by atoms with Gasteiger partial charge in [0, 0.05) is 55.4 Å². The molecule has 142 valence electrons. The number of carbonyl (C=O) groups is 1. The molecule has 5 rings (SSSR count). The standard InChI is InChI=1S/C19H19N7OS/c1-24-9-15(10-24)23-19(27)17-3-12(11-28-17)16-6-22-26-8-13(4-20-18(16)26)14-5-21-25(2)7-14/h3-8,11,15H,9-10H2,1-2H3,(H,23,27). The average molecular weight is 393 g/mol. The molecule has 9 heteroatoms. The zero-order valence-corrected chi connectivity index (χ0v) is 16.3. The normalized spacial score (nSPS) is 15.1. The Kier molecular flexibility index (Phi) is 3.99. The van der Waals surface area contributed by atoms with Gasteiger partial charge in [0.15, 0.2) is 5.65 Å². The lowest BCUT2D eigenvalue weighted by atomic mass is 10.1. The molecule has 4 aromatic rings. The number of hydrogen-bond donors (Lipinski definition) is 1. The van der Waals surface area contributed by atoms with Gasteiger partial charge in [0.25, 0.3) is 5.91 Å². The number of amides is 1. The van der Waals surface area contributed by atoms with E-state index in [0.717, 1.165) is 41.0 Å². The summed E-state index contributed by atoms with van der Waals surface area (Å²) in [6.07, 6.45) is 9.30. The van der Waals surface area contributed by atoms with Gasteiger partial charge in [-0.05, 0) is 24.1 Å². The minimum atomic E-state index is -0.0161. The van der Waals surface area contributed by atoms with Crippen LogP contribution in [-0.2, 0) is 7.05 Å². The summed E-state index contributed by atoms with van der Waals surface area (Å²) in [6.45, 7) is 1.81. The summed E-state index contributed by atoms with van der Waals surface area (Å²) in [6, 6.07) is 2.16. The number of thiophene rings is 1. The van der Waals surface area contributed by atoms with Crippen molar-refractivity contribution in [3.63, 3.8) is 0 Å². The van der Waals surface area contributed by atoms with E-state index in [9.17, 15) is 4.79 Å². The molecule has 8 nitrogen and oxygen atoms in total. The van der Waals surface area contributed by atoms with Gasteiger partial charge in [-0.3, -0.25) is 9.48 Å². The van der Waals surface area contributed by atoms with Crippen molar-refractivity contribution in [2.75, 3.05) is 20.1 Å². The number of likely N-dealkylation sites (tertiary alicyclic amines) is 1. The van der Waals surface area contributed by atoms with Crippen molar-refractivity contribution in [2.45, 2.75) is 6.04 Å². The van der Waals surface area contributed by atoms with Gasteiger partial charge in [0.2, 0.25) is 0 Å². The van der Waals surface area contributed by atoms with Crippen LogP contribution in [-0.4, -0.2) is 61.4 Å². The summed E-state index contributed by atoms with van der Waals surface area (Å²) in [5.74, 6) is -0.0161. The Morgan fingerprint density at radius 3 is 2.68 bits per heavy atom. The van der Waals surface area contributed by atoms with E-state index in [1.54, 1.807) is 21.6 Å². The number of hydrogen-bond acceptors (Lipinski definition) is 6. The lowest BCUT2D eigenvalue weighted by molar-refractivity contribution is 0.0862. The van der Waals surface area contributed by atoms with Gasteiger partial charge in [-0.1, -0.05) is 0 Å². The van der Waals surface area contributed by atoms with Gasteiger partial charge in [-0.25, -0.2) is 9.50 Å². The molecule has 1 saturated heterocycles. The van der Waals surface area contributed by atoms with E-state index in [2.05, 4.69) is 25.4 Å². The molecule has 0 radical (unpaired) electrons. The van der Waals surface area contributed by atoms with Crippen LogP contribution < -0.4 is 5.32 Å². The maximum atomic E-state index is 12.4. The van der Waals surface area contributed by atoms with Crippen molar-refractivity contribution in [2.24, 2.45) is 7.05 Å². The van der Waals surface area contributed by atoms with Gasteiger partial charge in [-0.15, -0.1) is 11.3 Å². The molecule has 0 atom stereocenters. The Bertz CT molecular complexity index is 1170. The van der Waals surface area contributed by atoms with E-state index in [0.29, 0.717) is 4.88 Å². The molecule has 0 unspecified atom stereocenters. The third kappa shape index (κ3) is 2.98. The highest BCUT2D eigenvalue weighted by molar-refractivity contribution is 7.12. The first-order valence-electron chi connectivity index (χ1n) is 8.97. The molecule has 28 heavy (non-hydrogen) atoms. The molecule has 1 N–H and O–H groups in total. The van der Waals surface area contributed by atoms with Gasteiger partial charge in [-0.2, -0.15) is 10.2 Å². The van der Waals surface area contributed by atoms with Gasteiger partial charge in [0.05, 0.1) is 23.3 Å². The molecule has 4 aromatic heterocycles. The van der Waals surface area contributed by atoms with Crippen LogP contribution in [0, 0.1) is 0 Å². The number of aryl methyl sites for hydroxylation is 1. The smallest absolute Gasteiger partial charge is 0.261 e. The molecule has 0 saturated carbocycles. The summed E-state index contributed by atoms with van der Waals surface area (Å²) in [7, 11) is 3.93. The first-order valence-corrected chi connectivity index (χ1v) is 9.85. The summed E-state index contributed by atoms with van der Waals surface area (Å²) >= 11 is 1.44. The van der Waals surface area contributed by atoms with Crippen LogP contribution >= 0.6 is 11.3 Å². The minimum Gasteiger partial charge on any atom is -0.346 e. The zero-order chi connectivity index (χ0) is 19.3. The lowest BCUT2D eigenvalue weighted by Gasteiger charge is -2.36. The molecule has 1 aliphatic rings. The van der Waals surface area contributed by atoms with Crippen LogP contribution in [0.25, 0.3) is 27.9 Å². The van der Waals surface area contributed by atoms with Gasteiger partial charge < -0.3 is 10.2 Å². The maximum Gasteiger partial charge on any atom is 0.261 e. The summed E-state index contributed by atoms with van der Waals surface area (Å²) in [5, 5.41) is 13.7. The second kappa shape index (κ2) is 6.54. The fourth-order valence-electron chi connectivity index (χ4n) is 3.44. The average Bonchev–Trinajstić information content (AvgIpc) is 3.38. The van der Waals surface area contributed by atoms with E-state index in [1.807, 2.05) is 44.1 Å². The third-order valence-electron chi connectivity index (χ3n) is 4.93. The van der Waals surface area contributed by atoms with Crippen LogP contribution in [0.2, 0.25) is 0 Å². The van der Waals surface area contributed by atoms with E-state index in [4.69, 9.17) is 0 Å². The van der Waals surface area contributed by atoms with Crippen LogP contribution in [0.15, 0.2) is 42.4 Å². The predicted molar refractivity (Wildman–Crippen MR) is 107 cm³/mol.